The molecule has 0 aromatic rings. The van der Waals surface area contributed by atoms with Gasteiger partial charge in [-0.2, -0.15) is 0 Å². The molecule has 0 saturated heterocycles. The minimum atomic E-state index is 0.763. The summed E-state index contributed by atoms with van der Waals surface area (Å²) >= 11 is 0. The second kappa shape index (κ2) is 4.06. The van der Waals surface area contributed by atoms with Gasteiger partial charge >= 0.3 is 0 Å². The van der Waals surface area contributed by atoms with Crippen molar-refractivity contribution in [3.63, 3.8) is 0 Å². The molecule has 1 unspecified atom stereocenters. The zero-order valence-corrected chi connectivity index (χ0v) is 9.91. The van der Waals surface area contributed by atoms with Gasteiger partial charge in [-0.25, -0.2) is 0 Å². The molecule has 1 N–H and O–H groups in total. The van der Waals surface area contributed by atoms with Crippen molar-refractivity contribution in [1.82, 2.24) is 10.2 Å². The van der Waals surface area contributed by atoms with Gasteiger partial charge in [0.2, 0.25) is 0 Å². The molecule has 0 aromatic heterocycles. The molecule has 0 aliphatic heterocycles. The molecular formula is C13H24N2. The molecular weight excluding hydrogens is 184 g/mol. The van der Waals surface area contributed by atoms with Crippen LogP contribution in [0, 0.1) is 5.92 Å². The van der Waals surface area contributed by atoms with Crippen LogP contribution in [0.15, 0.2) is 0 Å². The molecule has 3 aliphatic rings. The predicted molar refractivity (Wildman–Crippen MR) is 62.9 cm³/mol. The summed E-state index contributed by atoms with van der Waals surface area (Å²) in [5, 5.41) is 3.67. The third-order valence-corrected chi connectivity index (χ3v) is 4.03. The summed E-state index contributed by atoms with van der Waals surface area (Å²) in [7, 11) is 0. The van der Waals surface area contributed by atoms with Crippen molar-refractivity contribution in [2.24, 2.45) is 5.92 Å². The molecule has 86 valence electrons. The Balaban J connectivity index is 1.45. The molecule has 3 aliphatic carbocycles. The van der Waals surface area contributed by atoms with E-state index in [9.17, 15) is 0 Å². The van der Waals surface area contributed by atoms with Crippen LogP contribution in [0.25, 0.3) is 0 Å². The highest BCUT2D eigenvalue weighted by Crippen LogP contribution is 2.35. The van der Waals surface area contributed by atoms with E-state index in [4.69, 9.17) is 0 Å². The van der Waals surface area contributed by atoms with Gasteiger partial charge in [0.05, 0.1) is 0 Å². The van der Waals surface area contributed by atoms with E-state index >= 15 is 0 Å². The molecule has 3 fully saturated rings. The fourth-order valence-corrected chi connectivity index (χ4v) is 2.44. The van der Waals surface area contributed by atoms with E-state index in [1.165, 1.54) is 51.6 Å². The third-order valence-electron chi connectivity index (χ3n) is 4.03. The summed E-state index contributed by atoms with van der Waals surface area (Å²) in [6.07, 6.45) is 8.73. The van der Waals surface area contributed by atoms with Gasteiger partial charge in [-0.15, -0.1) is 0 Å². The van der Waals surface area contributed by atoms with Crippen LogP contribution in [-0.4, -0.2) is 36.1 Å². The maximum Gasteiger partial charge on any atom is 0.0195 e. The van der Waals surface area contributed by atoms with E-state index in [1.54, 1.807) is 0 Å². The molecule has 15 heavy (non-hydrogen) atoms. The van der Waals surface area contributed by atoms with Crippen molar-refractivity contribution in [3.05, 3.63) is 0 Å². The molecule has 0 amide bonds. The predicted octanol–water partition coefficient (Wildman–Crippen LogP) is 2.00. The lowest BCUT2D eigenvalue weighted by Crippen LogP contribution is -2.43. The number of rotatable bonds is 7. The van der Waals surface area contributed by atoms with Crippen molar-refractivity contribution >= 4 is 0 Å². The number of nitrogens with one attached hydrogen (secondary N) is 1. The number of nitrogens with zero attached hydrogens (tertiary/aromatic N) is 1. The van der Waals surface area contributed by atoms with Crippen molar-refractivity contribution in [1.29, 1.82) is 0 Å². The Morgan fingerprint density at radius 1 is 1.13 bits per heavy atom. The Hall–Kier alpha value is -0.0800. The van der Waals surface area contributed by atoms with Crippen LogP contribution < -0.4 is 5.32 Å². The maximum atomic E-state index is 3.67. The summed E-state index contributed by atoms with van der Waals surface area (Å²) in [6, 6.07) is 2.58. The van der Waals surface area contributed by atoms with Gasteiger partial charge in [0.25, 0.3) is 0 Å². The van der Waals surface area contributed by atoms with E-state index in [1.807, 2.05) is 0 Å². The molecule has 0 aromatic carbocycles. The topological polar surface area (TPSA) is 15.3 Å². The van der Waals surface area contributed by atoms with Crippen LogP contribution in [0.1, 0.15) is 45.4 Å². The fourth-order valence-electron chi connectivity index (χ4n) is 2.44. The summed E-state index contributed by atoms with van der Waals surface area (Å²) in [6.45, 7) is 5.02. The Morgan fingerprint density at radius 2 is 1.87 bits per heavy atom. The second-order valence-electron chi connectivity index (χ2n) is 5.90. The minimum Gasteiger partial charge on any atom is -0.312 e. The molecule has 0 spiro atoms. The van der Waals surface area contributed by atoms with Crippen molar-refractivity contribution in [2.45, 2.75) is 63.6 Å². The van der Waals surface area contributed by atoms with Crippen LogP contribution in [0.3, 0.4) is 0 Å². The van der Waals surface area contributed by atoms with Gasteiger partial charge < -0.3 is 5.32 Å². The lowest BCUT2D eigenvalue weighted by atomic mass is 10.2. The third kappa shape index (κ3) is 2.94. The molecule has 3 rings (SSSR count). The number of hydrogen-bond donors (Lipinski definition) is 1. The Bertz CT molecular complexity index is 217. The average Bonchev–Trinajstić information content (AvgIpc) is 3.11. The maximum absolute atomic E-state index is 3.67. The van der Waals surface area contributed by atoms with E-state index in [-0.39, 0.29) is 0 Å². The first kappa shape index (κ1) is 10.1. The summed E-state index contributed by atoms with van der Waals surface area (Å²) < 4.78 is 0. The first-order valence-corrected chi connectivity index (χ1v) is 6.82. The Labute approximate surface area is 93.4 Å². The normalized spacial score (nSPS) is 28.4. The largest absolute Gasteiger partial charge is 0.312 e. The van der Waals surface area contributed by atoms with E-state index in [0.29, 0.717) is 0 Å². The standard InChI is InChI=1S/C13H24N2/c1-10(8-14-12-4-5-12)15(13-6-7-13)9-11-2-3-11/h10-14H,2-9H2,1H3. The molecule has 1 atom stereocenters. The molecule has 0 radical (unpaired) electrons. The van der Waals surface area contributed by atoms with Gasteiger partial charge in [-0.1, -0.05) is 0 Å². The molecule has 0 bridgehead atoms. The molecule has 3 saturated carbocycles. The highest BCUT2D eigenvalue weighted by atomic mass is 15.2. The van der Waals surface area contributed by atoms with Crippen molar-refractivity contribution in [2.75, 3.05) is 13.1 Å². The molecule has 0 heterocycles. The summed E-state index contributed by atoms with van der Waals surface area (Å²) in [5.41, 5.74) is 0. The van der Waals surface area contributed by atoms with Gasteiger partial charge in [-0.3, -0.25) is 4.90 Å². The van der Waals surface area contributed by atoms with E-state index in [2.05, 4.69) is 17.1 Å². The van der Waals surface area contributed by atoms with Crippen molar-refractivity contribution < 1.29 is 0 Å². The van der Waals surface area contributed by atoms with Gasteiger partial charge in [0.15, 0.2) is 0 Å². The quantitative estimate of drug-likeness (QED) is 0.688. The van der Waals surface area contributed by atoms with Gasteiger partial charge in [0.1, 0.15) is 0 Å². The van der Waals surface area contributed by atoms with E-state index < -0.39 is 0 Å². The minimum absolute atomic E-state index is 0.763. The zero-order chi connectivity index (χ0) is 10.3. The van der Waals surface area contributed by atoms with Crippen LogP contribution in [0.4, 0.5) is 0 Å². The van der Waals surface area contributed by atoms with E-state index in [0.717, 1.165) is 24.0 Å². The second-order valence-corrected chi connectivity index (χ2v) is 5.90. The zero-order valence-electron chi connectivity index (χ0n) is 9.91. The fraction of sp³-hybridized carbons (Fsp3) is 1.00. The number of hydrogen-bond acceptors (Lipinski definition) is 2. The Kier molecular flexibility index (Phi) is 2.73. The highest BCUT2D eigenvalue weighted by molar-refractivity contribution is 4.92. The first-order valence-electron chi connectivity index (χ1n) is 6.82. The van der Waals surface area contributed by atoms with Gasteiger partial charge in [0, 0.05) is 31.2 Å². The summed E-state index contributed by atoms with van der Waals surface area (Å²) in [4.78, 5) is 2.78. The SMILES string of the molecule is CC(CNC1CC1)N(CC1CC1)C1CC1. The summed E-state index contributed by atoms with van der Waals surface area (Å²) in [5.74, 6) is 1.05. The average molecular weight is 208 g/mol. The monoisotopic (exact) mass is 208 g/mol. The lowest BCUT2D eigenvalue weighted by Gasteiger charge is -2.29. The first-order chi connectivity index (χ1) is 7.33. The van der Waals surface area contributed by atoms with Gasteiger partial charge in [-0.05, 0) is 51.4 Å². The van der Waals surface area contributed by atoms with Crippen LogP contribution >= 0.6 is 0 Å². The molecule has 2 nitrogen and oxygen atoms in total. The lowest BCUT2D eigenvalue weighted by molar-refractivity contribution is 0.185. The van der Waals surface area contributed by atoms with Crippen LogP contribution in [0.5, 0.6) is 0 Å². The molecule has 2 heteroatoms. The van der Waals surface area contributed by atoms with Crippen LogP contribution in [-0.2, 0) is 0 Å². The Morgan fingerprint density at radius 3 is 2.40 bits per heavy atom. The van der Waals surface area contributed by atoms with Crippen molar-refractivity contribution in [3.8, 4) is 0 Å². The highest BCUT2D eigenvalue weighted by Gasteiger charge is 2.36. The smallest absolute Gasteiger partial charge is 0.0195 e. The van der Waals surface area contributed by atoms with Crippen LogP contribution in [0.2, 0.25) is 0 Å².